The summed E-state index contributed by atoms with van der Waals surface area (Å²) in [6.07, 6.45) is 0. The standard InChI is InChI=1S/C37H34N3O3P/c1-27(30-19-9-4-10-20-30)38-44-42-33-23-13-11-21-31(33)35-36(32-22-12-14-24-34(32)43-44)40(26-29-17-7-3-8-18-29)37(41)39(35)25-28-15-5-2-6-16-28/h2-24,27,35-36,38H,25-26H2,1H3/t27-,35+,36+/m1/s1. The summed E-state index contributed by atoms with van der Waals surface area (Å²) in [6.45, 7) is 3.06. The van der Waals surface area contributed by atoms with Gasteiger partial charge in [-0.15, -0.1) is 0 Å². The fourth-order valence-electron chi connectivity index (χ4n) is 6.15. The van der Waals surface area contributed by atoms with Gasteiger partial charge in [0.15, 0.2) is 0 Å². The third kappa shape index (κ3) is 5.67. The summed E-state index contributed by atoms with van der Waals surface area (Å²) in [7, 11) is -1.60. The van der Waals surface area contributed by atoms with Gasteiger partial charge in [-0.3, -0.25) is 0 Å². The van der Waals surface area contributed by atoms with Crippen molar-refractivity contribution in [3.8, 4) is 11.5 Å². The summed E-state index contributed by atoms with van der Waals surface area (Å²) < 4.78 is 13.5. The highest BCUT2D eigenvalue weighted by molar-refractivity contribution is 7.45. The zero-order chi connectivity index (χ0) is 29.9. The number of benzene rings is 5. The number of nitrogens with one attached hydrogen (secondary N) is 1. The Morgan fingerprint density at radius 3 is 1.50 bits per heavy atom. The largest absolute Gasteiger partial charge is 0.427 e. The van der Waals surface area contributed by atoms with Crippen LogP contribution in [0.3, 0.4) is 0 Å². The molecule has 7 heteroatoms. The number of urea groups is 1. The number of hydrogen-bond acceptors (Lipinski definition) is 4. The average molecular weight is 600 g/mol. The monoisotopic (exact) mass is 599 g/mol. The van der Waals surface area contributed by atoms with E-state index in [1.54, 1.807) is 0 Å². The van der Waals surface area contributed by atoms with Gasteiger partial charge in [0.05, 0.1) is 12.1 Å². The summed E-state index contributed by atoms with van der Waals surface area (Å²) >= 11 is 0. The molecule has 0 radical (unpaired) electrons. The van der Waals surface area contributed by atoms with Gasteiger partial charge in [0.1, 0.15) is 11.5 Å². The van der Waals surface area contributed by atoms with Crippen molar-refractivity contribution in [1.82, 2.24) is 14.9 Å². The van der Waals surface area contributed by atoms with Crippen LogP contribution < -0.4 is 14.1 Å². The molecule has 1 fully saturated rings. The molecule has 7 rings (SSSR count). The van der Waals surface area contributed by atoms with Gasteiger partial charge in [0, 0.05) is 30.3 Å². The van der Waals surface area contributed by atoms with Gasteiger partial charge < -0.3 is 18.8 Å². The lowest BCUT2D eigenvalue weighted by Crippen LogP contribution is -2.32. The van der Waals surface area contributed by atoms with Crippen molar-refractivity contribution in [3.63, 3.8) is 0 Å². The maximum atomic E-state index is 14.5. The average Bonchev–Trinajstić information content (AvgIpc) is 3.35. The Morgan fingerprint density at radius 2 is 1.02 bits per heavy atom. The molecule has 2 amide bonds. The van der Waals surface area contributed by atoms with E-state index in [1.807, 2.05) is 101 Å². The van der Waals surface area contributed by atoms with Gasteiger partial charge in [-0.1, -0.05) is 127 Å². The molecular formula is C37H34N3O3P. The van der Waals surface area contributed by atoms with Gasteiger partial charge >= 0.3 is 14.6 Å². The van der Waals surface area contributed by atoms with Crippen LogP contribution in [0.2, 0.25) is 0 Å². The molecule has 0 saturated carbocycles. The van der Waals surface area contributed by atoms with Crippen molar-refractivity contribution in [2.45, 2.75) is 38.1 Å². The quantitative estimate of drug-likeness (QED) is 0.190. The van der Waals surface area contributed by atoms with E-state index in [1.165, 1.54) is 0 Å². The predicted octanol–water partition coefficient (Wildman–Crippen LogP) is 8.96. The SMILES string of the molecule is C[C@@H](NP1Oc2ccccc2[C@H]2[C@H](c3ccccc3O1)N(Cc1ccccc1)C(=O)N2Cc1ccccc1)c1ccccc1. The molecule has 1 N–H and O–H groups in total. The first kappa shape index (κ1) is 28.1. The van der Waals surface area contributed by atoms with E-state index in [-0.39, 0.29) is 24.2 Å². The molecule has 5 aromatic carbocycles. The van der Waals surface area contributed by atoms with Crippen LogP contribution >= 0.6 is 8.53 Å². The van der Waals surface area contributed by atoms with Gasteiger partial charge in [-0.25, -0.2) is 9.88 Å². The van der Waals surface area contributed by atoms with Gasteiger partial charge in [0.2, 0.25) is 0 Å². The Morgan fingerprint density at radius 1 is 0.614 bits per heavy atom. The molecule has 0 unspecified atom stereocenters. The summed E-state index contributed by atoms with van der Waals surface area (Å²) in [6, 6.07) is 46.2. The molecule has 2 aliphatic heterocycles. The molecule has 2 heterocycles. The lowest BCUT2D eigenvalue weighted by Gasteiger charge is -2.29. The second-order valence-corrected chi connectivity index (χ2v) is 12.3. The van der Waals surface area contributed by atoms with Crippen molar-refractivity contribution in [2.75, 3.05) is 0 Å². The highest BCUT2D eigenvalue weighted by atomic mass is 31.2. The number of carbonyl (C=O) groups excluding carboxylic acids is 1. The van der Waals surface area contributed by atoms with E-state index in [9.17, 15) is 4.79 Å². The Kier molecular flexibility index (Phi) is 8.02. The third-order valence-electron chi connectivity index (χ3n) is 8.29. The molecule has 5 aromatic rings. The first-order chi connectivity index (χ1) is 21.7. The molecule has 1 saturated heterocycles. The molecule has 0 aromatic heterocycles. The van der Waals surface area contributed by atoms with Crippen LogP contribution in [0.15, 0.2) is 140 Å². The molecule has 0 spiro atoms. The van der Waals surface area contributed by atoms with E-state index >= 15 is 0 Å². The molecule has 44 heavy (non-hydrogen) atoms. The van der Waals surface area contributed by atoms with Gasteiger partial charge in [-0.05, 0) is 35.7 Å². The normalized spacial score (nSPS) is 18.5. The van der Waals surface area contributed by atoms with E-state index in [0.29, 0.717) is 24.6 Å². The van der Waals surface area contributed by atoms with Crippen LogP contribution in [0.5, 0.6) is 11.5 Å². The number of nitrogens with zero attached hydrogens (tertiary/aromatic N) is 2. The van der Waals surface area contributed by atoms with Gasteiger partial charge in [-0.2, -0.15) is 0 Å². The number of carbonyl (C=O) groups is 1. The highest BCUT2D eigenvalue weighted by Crippen LogP contribution is 2.54. The second kappa shape index (κ2) is 12.5. The third-order valence-corrected chi connectivity index (χ3v) is 9.61. The second-order valence-electron chi connectivity index (χ2n) is 11.2. The lowest BCUT2D eigenvalue weighted by atomic mass is 9.91. The zero-order valence-corrected chi connectivity index (χ0v) is 25.4. The summed E-state index contributed by atoms with van der Waals surface area (Å²) in [4.78, 5) is 18.5. The number of rotatable bonds is 7. The van der Waals surface area contributed by atoms with Crippen molar-refractivity contribution < 1.29 is 13.8 Å². The summed E-state index contributed by atoms with van der Waals surface area (Å²) in [5, 5.41) is 3.62. The van der Waals surface area contributed by atoms with E-state index < -0.39 is 8.53 Å². The van der Waals surface area contributed by atoms with Crippen LogP contribution in [0.4, 0.5) is 4.79 Å². The lowest BCUT2D eigenvalue weighted by molar-refractivity contribution is 0.180. The maximum absolute atomic E-state index is 14.5. The molecular weight excluding hydrogens is 565 g/mol. The Bertz CT molecular complexity index is 1620. The topological polar surface area (TPSA) is 54.0 Å². The summed E-state index contributed by atoms with van der Waals surface area (Å²) in [5.74, 6) is 1.42. The maximum Gasteiger partial charge on any atom is 0.382 e. The fourth-order valence-corrected chi connectivity index (χ4v) is 7.45. The molecule has 2 aliphatic rings. The minimum atomic E-state index is -1.60. The van der Waals surface area contributed by atoms with Gasteiger partial charge in [0.25, 0.3) is 0 Å². The smallest absolute Gasteiger partial charge is 0.382 e. The fraction of sp³-hybridized carbons (Fsp3) is 0.162. The molecule has 0 bridgehead atoms. The minimum Gasteiger partial charge on any atom is -0.427 e. The number of hydrogen-bond donors (Lipinski definition) is 1. The Labute approximate surface area is 259 Å². The summed E-state index contributed by atoms with van der Waals surface area (Å²) in [5.41, 5.74) is 5.21. The molecule has 0 aliphatic carbocycles. The number of para-hydroxylation sites is 2. The van der Waals surface area contributed by atoms with Crippen molar-refractivity contribution in [2.24, 2.45) is 0 Å². The highest BCUT2D eigenvalue weighted by Gasteiger charge is 2.50. The van der Waals surface area contributed by atoms with Crippen LogP contribution in [-0.2, 0) is 13.1 Å². The van der Waals surface area contributed by atoms with Crippen molar-refractivity contribution in [3.05, 3.63) is 167 Å². The van der Waals surface area contributed by atoms with Crippen LogP contribution in [0, 0.1) is 0 Å². The molecule has 220 valence electrons. The van der Waals surface area contributed by atoms with Crippen LogP contribution in [0.1, 0.15) is 52.9 Å². The Hall–Kier alpha value is -4.64. The molecule has 6 nitrogen and oxygen atoms in total. The number of fused-ring (bicyclic) bond motifs is 5. The number of amides is 2. The van der Waals surface area contributed by atoms with E-state index in [4.69, 9.17) is 9.05 Å². The zero-order valence-electron chi connectivity index (χ0n) is 24.5. The first-order valence-corrected chi connectivity index (χ1v) is 16.1. The van der Waals surface area contributed by atoms with Crippen LogP contribution in [0.25, 0.3) is 0 Å². The van der Waals surface area contributed by atoms with Crippen molar-refractivity contribution in [1.29, 1.82) is 0 Å². The van der Waals surface area contributed by atoms with E-state index in [0.717, 1.165) is 27.8 Å². The predicted molar refractivity (Wildman–Crippen MR) is 174 cm³/mol. The van der Waals surface area contributed by atoms with Crippen molar-refractivity contribution >= 4 is 14.6 Å². The van der Waals surface area contributed by atoms with Crippen LogP contribution in [-0.4, -0.2) is 15.8 Å². The van der Waals surface area contributed by atoms with E-state index in [2.05, 4.69) is 60.5 Å². The molecule has 3 atom stereocenters. The minimum absolute atomic E-state index is 0.00683. The Balaban J connectivity index is 1.36. The first-order valence-electron chi connectivity index (χ1n) is 15.0.